The fraction of sp³-hybridized carbons (Fsp3) is 0.167. The Labute approximate surface area is 69.1 Å². The van der Waals surface area contributed by atoms with E-state index in [2.05, 4.69) is 15.6 Å². The molecule has 12 heavy (non-hydrogen) atoms. The lowest BCUT2D eigenvalue weighted by Gasteiger charge is -1.93. The Morgan fingerprint density at radius 2 is 2.67 bits per heavy atom. The van der Waals surface area contributed by atoms with Gasteiger partial charge in [0.15, 0.2) is 0 Å². The van der Waals surface area contributed by atoms with E-state index in [1.165, 1.54) is 6.21 Å². The Hall–Kier alpha value is -1.85. The molecular formula is C6H9N5O. The lowest BCUT2D eigenvalue weighted by molar-refractivity contribution is 0.249. The minimum atomic E-state index is -0.687. The van der Waals surface area contributed by atoms with E-state index >= 15 is 0 Å². The first kappa shape index (κ1) is 8.25. The van der Waals surface area contributed by atoms with Gasteiger partial charge in [0, 0.05) is 13.2 Å². The summed E-state index contributed by atoms with van der Waals surface area (Å²) in [4.78, 5) is 10.2. The molecule has 0 radical (unpaired) electrons. The summed E-state index contributed by atoms with van der Waals surface area (Å²) in [7, 11) is 1.77. The molecule has 0 saturated heterocycles. The molecular weight excluding hydrogens is 158 g/mol. The minimum absolute atomic E-state index is 0.687. The van der Waals surface area contributed by atoms with Crippen LogP contribution in [-0.2, 0) is 7.05 Å². The lowest BCUT2D eigenvalue weighted by Crippen LogP contribution is -2.24. The van der Waals surface area contributed by atoms with Crippen molar-refractivity contribution in [2.75, 3.05) is 0 Å². The molecule has 1 rings (SSSR count). The summed E-state index contributed by atoms with van der Waals surface area (Å²) in [6, 6.07) is 1.07. The van der Waals surface area contributed by atoms with Crippen molar-refractivity contribution in [3.8, 4) is 0 Å². The molecule has 0 bridgehead atoms. The van der Waals surface area contributed by atoms with Crippen molar-refractivity contribution in [2.24, 2.45) is 17.9 Å². The van der Waals surface area contributed by atoms with Gasteiger partial charge in [-0.3, -0.25) is 4.68 Å². The summed E-state index contributed by atoms with van der Waals surface area (Å²) in [5.74, 6) is 0. The van der Waals surface area contributed by atoms with Crippen molar-refractivity contribution in [3.63, 3.8) is 0 Å². The number of urea groups is 1. The van der Waals surface area contributed by atoms with E-state index in [1.807, 2.05) is 0 Å². The SMILES string of the molecule is Cn1nccc1C=NNC(N)=O. The quantitative estimate of drug-likeness (QED) is 0.456. The Bertz CT molecular complexity index is 303. The molecule has 0 atom stereocenters. The molecule has 0 spiro atoms. The van der Waals surface area contributed by atoms with E-state index in [4.69, 9.17) is 5.73 Å². The van der Waals surface area contributed by atoms with E-state index in [0.29, 0.717) is 0 Å². The van der Waals surface area contributed by atoms with Crippen LogP contribution in [0.15, 0.2) is 17.4 Å². The number of hydrogen-bond acceptors (Lipinski definition) is 3. The number of primary amides is 1. The molecule has 0 unspecified atom stereocenters. The fourth-order valence-electron chi connectivity index (χ4n) is 0.673. The number of amides is 2. The van der Waals surface area contributed by atoms with Gasteiger partial charge in [-0.1, -0.05) is 0 Å². The molecule has 1 aromatic heterocycles. The van der Waals surface area contributed by atoms with E-state index in [-0.39, 0.29) is 0 Å². The Morgan fingerprint density at radius 1 is 1.92 bits per heavy atom. The zero-order valence-electron chi connectivity index (χ0n) is 6.56. The molecule has 0 aromatic carbocycles. The van der Waals surface area contributed by atoms with Crippen molar-refractivity contribution < 1.29 is 4.79 Å². The van der Waals surface area contributed by atoms with Crippen LogP contribution in [-0.4, -0.2) is 22.0 Å². The molecule has 0 fully saturated rings. The number of hydrazone groups is 1. The number of nitrogens with two attached hydrogens (primary N) is 1. The summed E-state index contributed by atoms with van der Waals surface area (Å²) in [6.07, 6.45) is 3.09. The van der Waals surface area contributed by atoms with Gasteiger partial charge in [0.05, 0.1) is 11.9 Å². The maximum absolute atomic E-state index is 10.2. The third-order valence-corrected chi connectivity index (χ3v) is 1.23. The number of aromatic nitrogens is 2. The van der Waals surface area contributed by atoms with E-state index in [1.54, 1.807) is 24.0 Å². The summed E-state index contributed by atoms with van der Waals surface area (Å²) in [5, 5.41) is 7.46. The topological polar surface area (TPSA) is 85.3 Å². The molecule has 1 aromatic rings. The van der Waals surface area contributed by atoms with Crippen LogP contribution >= 0.6 is 0 Å². The molecule has 0 saturated carbocycles. The van der Waals surface area contributed by atoms with E-state index < -0.39 is 6.03 Å². The molecule has 64 valence electrons. The van der Waals surface area contributed by atoms with Gasteiger partial charge < -0.3 is 5.73 Å². The third-order valence-electron chi connectivity index (χ3n) is 1.23. The molecule has 0 aliphatic heterocycles. The van der Waals surface area contributed by atoms with Crippen LogP contribution in [0.2, 0.25) is 0 Å². The summed E-state index contributed by atoms with van der Waals surface area (Å²) < 4.78 is 1.62. The molecule has 2 amide bonds. The number of hydrogen-bond donors (Lipinski definition) is 2. The average molecular weight is 167 g/mol. The number of carbonyl (C=O) groups excluding carboxylic acids is 1. The smallest absolute Gasteiger partial charge is 0.332 e. The molecule has 0 aliphatic carbocycles. The van der Waals surface area contributed by atoms with Gasteiger partial charge in [-0.2, -0.15) is 10.2 Å². The van der Waals surface area contributed by atoms with Crippen molar-refractivity contribution in [2.45, 2.75) is 0 Å². The van der Waals surface area contributed by atoms with Gasteiger partial charge in [0.2, 0.25) is 0 Å². The second kappa shape index (κ2) is 3.51. The first-order chi connectivity index (χ1) is 5.70. The number of rotatable bonds is 2. The lowest BCUT2D eigenvalue weighted by atomic mass is 10.5. The highest BCUT2D eigenvalue weighted by molar-refractivity contribution is 5.79. The van der Waals surface area contributed by atoms with Crippen LogP contribution < -0.4 is 11.2 Å². The summed E-state index contributed by atoms with van der Waals surface area (Å²) in [5.41, 5.74) is 7.64. The predicted molar refractivity (Wildman–Crippen MR) is 43.5 cm³/mol. The highest BCUT2D eigenvalue weighted by Crippen LogP contribution is 1.89. The molecule has 6 heteroatoms. The monoisotopic (exact) mass is 167 g/mol. The van der Waals surface area contributed by atoms with Crippen LogP contribution in [0.5, 0.6) is 0 Å². The van der Waals surface area contributed by atoms with Gasteiger partial charge >= 0.3 is 6.03 Å². The van der Waals surface area contributed by atoms with Crippen molar-refractivity contribution in [1.29, 1.82) is 0 Å². The minimum Gasteiger partial charge on any atom is -0.350 e. The van der Waals surface area contributed by atoms with Crippen LogP contribution in [0.4, 0.5) is 4.79 Å². The highest BCUT2D eigenvalue weighted by Gasteiger charge is 1.92. The maximum atomic E-state index is 10.2. The van der Waals surface area contributed by atoms with Crippen LogP contribution in [0.1, 0.15) is 5.69 Å². The number of nitrogens with one attached hydrogen (secondary N) is 1. The average Bonchev–Trinajstić information content (AvgIpc) is 2.36. The van der Waals surface area contributed by atoms with Gasteiger partial charge in [-0.25, -0.2) is 10.2 Å². The predicted octanol–water partition coefficient (Wildman–Crippen LogP) is -0.578. The summed E-state index contributed by atoms with van der Waals surface area (Å²) in [6.45, 7) is 0. The van der Waals surface area contributed by atoms with Crippen molar-refractivity contribution in [1.82, 2.24) is 15.2 Å². The maximum Gasteiger partial charge on any atom is 0.332 e. The van der Waals surface area contributed by atoms with Gasteiger partial charge in [0.25, 0.3) is 0 Å². The summed E-state index contributed by atoms with van der Waals surface area (Å²) >= 11 is 0. The van der Waals surface area contributed by atoms with Gasteiger partial charge in [0.1, 0.15) is 0 Å². The first-order valence-electron chi connectivity index (χ1n) is 3.26. The Balaban J connectivity index is 2.57. The van der Waals surface area contributed by atoms with E-state index in [9.17, 15) is 4.79 Å². The van der Waals surface area contributed by atoms with Gasteiger partial charge in [-0.15, -0.1) is 0 Å². The zero-order valence-corrected chi connectivity index (χ0v) is 6.56. The van der Waals surface area contributed by atoms with Crippen LogP contribution in [0.25, 0.3) is 0 Å². The normalized spacial score (nSPS) is 10.4. The molecule has 6 nitrogen and oxygen atoms in total. The third kappa shape index (κ3) is 2.08. The standard InChI is InChI=1S/C6H9N5O/c1-11-5(2-3-9-11)4-8-10-6(7)12/h2-4H,1H3,(H3,7,10,12). The molecule has 3 N–H and O–H groups in total. The van der Waals surface area contributed by atoms with Crippen molar-refractivity contribution >= 4 is 12.2 Å². The second-order valence-electron chi connectivity index (χ2n) is 2.11. The zero-order chi connectivity index (χ0) is 8.97. The molecule has 0 aliphatic rings. The first-order valence-corrected chi connectivity index (χ1v) is 3.26. The van der Waals surface area contributed by atoms with Gasteiger partial charge in [-0.05, 0) is 6.07 Å². The fourth-order valence-corrected chi connectivity index (χ4v) is 0.673. The highest BCUT2D eigenvalue weighted by atomic mass is 16.2. The number of aryl methyl sites for hydroxylation is 1. The number of carbonyl (C=O) groups is 1. The van der Waals surface area contributed by atoms with E-state index in [0.717, 1.165) is 5.69 Å². The number of nitrogens with zero attached hydrogens (tertiary/aromatic N) is 3. The van der Waals surface area contributed by atoms with Crippen LogP contribution in [0.3, 0.4) is 0 Å². The molecule has 1 heterocycles. The second-order valence-corrected chi connectivity index (χ2v) is 2.11. The Morgan fingerprint density at radius 3 is 3.17 bits per heavy atom. The van der Waals surface area contributed by atoms with Crippen LogP contribution in [0, 0.1) is 0 Å². The largest absolute Gasteiger partial charge is 0.350 e. The van der Waals surface area contributed by atoms with Crippen molar-refractivity contribution in [3.05, 3.63) is 18.0 Å². The Kier molecular flexibility index (Phi) is 2.42.